The minimum absolute atomic E-state index is 0.0150. The number of fused-ring (bicyclic) bond motifs is 5. The number of benzene rings is 2. The van der Waals surface area contributed by atoms with Crippen molar-refractivity contribution in [3.63, 3.8) is 0 Å². The Morgan fingerprint density at radius 3 is 2.20 bits per heavy atom. The Hall–Kier alpha value is -4.98. The van der Waals surface area contributed by atoms with E-state index in [1.807, 2.05) is 6.07 Å². The average molecular weight is 781 g/mol. The number of hydrogen-bond donors (Lipinski definition) is 3. The molecule has 0 fully saturated rings. The summed E-state index contributed by atoms with van der Waals surface area (Å²) in [6, 6.07) is 8.41. The Kier molecular flexibility index (Phi) is 17.3. The lowest BCUT2D eigenvalue weighted by Gasteiger charge is -2.32. The monoisotopic (exact) mass is 780 g/mol. The van der Waals surface area contributed by atoms with E-state index >= 15 is 0 Å². The molecule has 2 aromatic carbocycles. The molecule has 0 saturated carbocycles. The van der Waals surface area contributed by atoms with Crippen molar-refractivity contribution in [2.45, 2.75) is 96.7 Å². The van der Waals surface area contributed by atoms with Crippen molar-refractivity contribution in [1.82, 2.24) is 20.9 Å². The molecule has 4 bridgehead atoms. The molecule has 0 spiro atoms. The standard InChI is InChI=1S/C42H60N4O10/c1-26-21-34(48)37(46(6)39(50)29(24-30(47)14-12-19-43-5)13-10-11-20-44-41(52)56-42(2,3)4)28-16-18-36(54-8)32(25-28)31-22-27(15-17-35(31)53-7)23-33(40(51)55-9)45-38(26)49/h15-18,22,25-26,29,33,37,43H,10-14,19-21,23-24H2,1-9H3,(H,44,52)(H,45,49)/t26-,29-,33+,37+/m1/s1. The SMILES string of the molecule is CNCCCC(=O)C[C@@H](CCCCNC(=O)OC(C)(C)C)C(=O)N(C)[C@@H]1C(=O)C[C@@H](C)C(=O)N[C@H](C(=O)OC)Cc2ccc(OC)c(c2)-c2cc1ccc2OC. The van der Waals surface area contributed by atoms with Gasteiger partial charge in [0.05, 0.1) is 21.3 Å². The van der Waals surface area contributed by atoms with Crippen molar-refractivity contribution in [3.8, 4) is 22.6 Å². The highest BCUT2D eigenvalue weighted by molar-refractivity contribution is 5.96. The third-order valence-electron chi connectivity index (χ3n) is 9.68. The zero-order chi connectivity index (χ0) is 41.6. The van der Waals surface area contributed by atoms with Crippen molar-refractivity contribution < 1.29 is 47.7 Å². The van der Waals surface area contributed by atoms with Gasteiger partial charge in [-0.1, -0.05) is 25.5 Å². The zero-order valence-electron chi connectivity index (χ0n) is 34.4. The second kappa shape index (κ2) is 21.4. The van der Waals surface area contributed by atoms with Gasteiger partial charge in [-0.05, 0) is 89.0 Å². The number of ether oxygens (including phenoxy) is 4. The molecule has 0 aliphatic carbocycles. The Balaban J connectivity index is 2.07. The molecule has 3 rings (SSSR count). The van der Waals surface area contributed by atoms with Crippen LogP contribution in [0.3, 0.4) is 0 Å². The van der Waals surface area contributed by atoms with Crippen LogP contribution in [0.25, 0.3) is 11.1 Å². The van der Waals surface area contributed by atoms with Crippen molar-refractivity contribution in [1.29, 1.82) is 0 Å². The number of likely N-dealkylation sites (N-methyl/N-ethyl adjacent to an activating group) is 1. The van der Waals surface area contributed by atoms with Crippen LogP contribution in [0, 0.1) is 11.8 Å². The zero-order valence-corrected chi connectivity index (χ0v) is 34.4. The molecule has 3 N–H and O–H groups in total. The van der Waals surface area contributed by atoms with Crippen LogP contribution in [0.5, 0.6) is 11.5 Å². The summed E-state index contributed by atoms with van der Waals surface area (Å²) in [5.74, 6) is -2.68. The molecule has 3 amide bonds. The van der Waals surface area contributed by atoms with Crippen LogP contribution in [-0.2, 0) is 39.9 Å². The van der Waals surface area contributed by atoms with E-state index in [2.05, 4.69) is 16.0 Å². The molecule has 0 unspecified atom stereocenters. The summed E-state index contributed by atoms with van der Waals surface area (Å²) in [6.45, 7) is 7.89. The van der Waals surface area contributed by atoms with Gasteiger partial charge >= 0.3 is 12.1 Å². The van der Waals surface area contributed by atoms with E-state index in [0.29, 0.717) is 78.9 Å². The highest BCUT2D eigenvalue weighted by Crippen LogP contribution is 2.40. The largest absolute Gasteiger partial charge is 0.496 e. The first-order valence-electron chi connectivity index (χ1n) is 19.2. The van der Waals surface area contributed by atoms with Gasteiger partial charge < -0.3 is 39.8 Å². The molecular weight excluding hydrogens is 720 g/mol. The molecule has 0 aromatic heterocycles. The fourth-order valence-corrected chi connectivity index (χ4v) is 6.80. The van der Waals surface area contributed by atoms with E-state index in [1.54, 1.807) is 72.1 Å². The number of hydrogen-bond acceptors (Lipinski definition) is 11. The number of carbonyl (C=O) groups is 6. The van der Waals surface area contributed by atoms with Gasteiger partial charge in [0.2, 0.25) is 11.8 Å². The number of amides is 3. The third kappa shape index (κ3) is 13.1. The van der Waals surface area contributed by atoms with E-state index < -0.39 is 59.2 Å². The van der Waals surface area contributed by atoms with Crippen LogP contribution in [-0.4, -0.2) is 101 Å². The number of ketones is 2. The van der Waals surface area contributed by atoms with Crippen molar-refractivity contribution in [2.24, 2.45) is 11.8 Å². The van der Waals surface area contributed by atoms with Gasteiger partial charge in [-0.2, -0.15) is 0 Å². The van der Waals surface area contributed by atoms with E-state index in [4.69, 9.17) is 18.9 Å². The van der Waals surface area contributed by atoms with Crippen LogP contribution < -0.4 is 25.4 Å². The van der Waals surface area contributed by atoms with Crippen molar-refractivity contribution >= 4 is 35.4 Å². The van der Waals surface area contributed by atoms with Gasteiger partial charge in [-0.3, -0.25) is 19.2 Å². The maximum absolute atomic E-state index is 14.6. The summed E-state index contributed by atoms with van der Waals surface area (Å²) in [5.41, 5.74) is 1.73. The van der Waals surface area contributed by atoms with E-state index in [0.717, 1.165) is 0 Å². The normalized spacial score (nSPS) is 17.8. The smallest absolute Gasteiger partial charge is 0.407 e. The fourth-order valence-electron chi connectivity index (χ4n) is 6.80. The van der Waals surface area contributed by atoms with Crippen molar-refractivity contribution in [2.75, 3.05) is 48.5 Å². The topological polar surface area (TPSA) is 179 Å². The Labute approximate surface area is 330 Å². The van der Waals surface area contributed by atoms with E-state index in [9.17, 15) is 28.8 Å². The van der Waals surface area contributed by atoms with Gasteiger partial charge in [0.1, 0.15) is 35.0 Å². The first-order valence-corrected chi connectivity index (χ1v) is 19.2. The van der Waals surface area contributed by atoms with Gasteiger partial charge in [0.15, 0.2) is 5.78 Å². The molecule has 4 atom stereocenters. The summed E-state index contributed by atoms with van der Waals surface area (Å²) in [5, 5.41) is 8.52. The van der Waals surface area contributed by atoms with E-state index in [-0.39, 0.29) is 25.0 Å². The molecule has 56 heavy (non-hydrogen) atoms. The highest BCUT2D eigenvalue weighted by atomic mass is 16.6. The Morgan fingerprint density at radius 1 is 0.911 bits per heavy atom. The Bertz CT molecular complexity index is 1700. The van der Waals surface area contributed by atoms with Gasteiger partial charge in [-0.15, -0.1) is 0 Å². The number of unbranched alkanes of at least 4 members (excludes halogenated alkanes) is 1. The third-order valence-corrected chi connectivity index (χ3v) is 9.68. The summed E-state index contributed by atoms with van der Waals surface area (Å²) in [6.07, 6.45) is 1.61. The molecule has 14 nitrogen and oxygen atoms in total. The number of Topliss-reactive ketones (excluding diaryl/α,β-unsaturated/α-hetero) is 2. The van der Waals surface area contributed by atoms with Gasteiger partial charge in [0, 0.05) is 62.2 Å². The molecule has 308 valence electrons. The quantitative estimate of drug-likeness (QED) is 0.155. The minimum Gasteiger partial charge on any atom is -0.496 e. The maximum Gasteiger partial charge on any atom is 0.407 e. The van der Waals surface area contributed by atoms with Gasteiger partial charge in [0.25, 0.3) is 0 Å². The highest BCUT2D eigenvalue weighted by Gasteiger charge is 2.36. The van der Waals surface area contributed by atoms with Crippen LogP contribution in [0.1, 0.15) is 89.8 Å². The lowest BCUT2D eigenvalue weighted by Crippen LogP contribution is -2.46. The van der Waals surface area contributed by atoms with Crippen LogP contribution >= 0.6 is 0 Å². The number of alkyl carbamates (subject to hydrolysis) is 1. The second-order valence-electron chi connectivity index (χ2n) is 15.3. The summed E-state index contributed by atoms with van der Waals surface area (Å²) in [4.78, 5) is 82.1. The lowest BCUT2D eigenvalue weighted by molar-refractivity contribution is -0.146. The van der Waals surface area contributed by atoms with E-state index in [1.165, 1.54) is 26.2 Å². The predicted octanol–water partition coefficient (Wildman–Crippen LogP) is 4.95. The van der Waals surface area contributed by atoms with Crippen LogP contribution in [0.2, 0.25) is 0 Å². The molecule has 0 saturated heterocycles. The summed E-state index contributed by atoms with van der Waals surface area (Å²) >= 11 is 0. The number of esters is 1. The minimum atomic E-state index is -1.15. The van der Waals surface area contributed by atoms with Crippen LogP contribution in [0.4, 0.5) is 4.79 Å². The second-order valence-corrected chi connectivity index (χ2v) is 15.3. The molecule has 1 aliphatic rings. The number of nitrogens with one attached hydrogen (secondary N) is 3. The molecular formula is C42H60N4O10. The lowest BCUT2D eigenvalue weighted by atomic mass is 9.88. The van der Waals surface area contributed by atoms with Crippen molar-refractivity contribution in [3.05, 3.63) is 47.5 Å². The number of rotatable bonds is 16. The first kappa shape index (κ1) is 45.4. The maximum atomic E-state index is 14.6. The van der Waals surface area contributed by atoms with Gasteiger partial charge in [-0.25, -0.2) is 9.59 Å². The first-order chi connectivity index (χ1) is 26.5. The molecule has 0 radical (unpaired) electrons. The molecule has 2 aromatic rings. The molecule has 1 heterocycles. The molecule has 14 heteroatoms. The van der Waals surface area contributed by atoms with Crippen LogP contribution in [0.15, 0.2) is 36.4 Å². The fraction of sp³-hybridized carbons (Fsp3) is 0.571. The number of methoxy groups -OCH3 is 3. The average Bonchev–Trinajstić information content (AvgIpc) is 3.15. The predicted molar refractivity (Wildman–Crippen MR) is 211 cm³/mol. The number of carbonyl (C=O) groups excluding carboxylic acids is 6. The summed E-state index contributed by atoms with van der Waals surface area (Å²) in [7, 11) is 7.64. The number of nitrogens with zero attached hydrogens (tertiary/aromatic N) is 1. The summed E-state index contributed by atoms with van der Waals surface area (Å²) < 4.78 is 21.8. The Morgan fingerprint density at radius 2 is 1.57 bits per heavy atom. The molecule has 1 aliphatic heterocycles.